The van der Waals surface area contributed by atoms with E-state index in [2.05, 4.69) is 44.2 Å². The Morgan fingerprint density at radius 3 is 1.74 bits per heavy atom. The minimum absolute atomic E-state index is 0.167. The van der Waals surface area contributed by atoms with Gasteiger partial charge in [-0.05, 0) is 51.9 Å². The van der Waals surface area contributed by atoms with Crippen molar-refractivity contribution >= 4 is 0 Å². The topological polar surface area (TPSA) is 38.0 Å². The standard InChI is InChI=1S/C7H14.C6H10N2.C3H8O/c1-7(2,3)6-4-5-6;1-6(2)8-4-3-7-5-8;1-3(2)4/h6H,4-5H2,1-3H3;3-6H,1-2H3;3-4H,1-2H3. The molecule has 0 unspecified atom stereocenters. The largest absolute Gasteiger partial charge is 0.394 e. The SMILES string of the molecule is CC(C)(C)C1CC1.CC(C)O.CC(C)n1ccnc1. The highest BCUT2D eigenvalue weighted by Crippen LogP contribution is 2.44. The molecule has 1 fully saturated rings. The molecule has 0 spiro atoms. The van der Waals surface area contributed by atoms with Crippen LogP contribution in [0.1, 0.15) is 67.3 Å². The third kappa shape index (κ3) is 10.8. The van der Waals surface area contributed by atoms with Gasteiger partial charge in [0.25, 0.3) is 0 Å². The van der Waals surface area contributed by atoms with E-state index in [9.17, 15) is 0 Å². The summed E-state index contributed by atoms with van der Waals surface area (Å²) in [5, 5.41) is 8.06. The van der Waals surface area contributed by atoms with Crippen molar-refractivity contribution in [1.82, 2.24) is 9.55 Å². The Hall–Kier alpha value is -0.830. The molecule has 1 saturated carbocycles. The van der Waals surface area contributed by atoms with E-state index in [0.29, 0.717) is 11.5 Å². The molecule has 2 rings (SSSR count). The number of aliphatic hydroxyl groups excluding tert-OH is 1. The van der Waals surface area contributed by atoms with Gasteiger partial charge in [-0.2, -0.15) is 0 Å². The lowest BCUT2D eigenvalue weighted by Gasteiger charge is -2.15. The van der Waals surface area contributed by atoms with Gasteiger partial charge in [0.05, 0.1) is 6.33 Å². The molecular weight excluding hydrogens is 236 g/mol. The molecule has 0 atom stereocenters. The molecule has 3 nitrogen and oxygen atoms in total. The first-order valence-corrected chi connectivity index (χ1v) is 7.30. The van der Waals surface area contributed by atoms with Crippen LogP contribution in [0.25, 0.3) is 0 Å². The van der Waals surface area contributed by atoms with Crippen LogP contribution in [0.3, 0.4) is 0 Å². The molecule has 0 saturated heterocycles. The van der Waals surface area contributed by atoms with Gasteiger partial charge >= 0.3 is 0 Å². The molecule has 0 bridgehead atoms. The van der Waals surface area contributed by atoms with Gasteiger partial charge in [-0.3, -0.25) is 0 Å². The van der Waals surface area contributed by atoms with E-state index in [1.54, 1.807) is 20.0 Å². The predicted octanol–water partition coefficient (Wildman–Crippen LogP) is 4.29. The highest BCUT2D eigenvalue weighted by atomic mass is 16.3. The zero-order valence-corrected chi connectivity index (χ0v) is 13.7. The van der Waals surface area contributed by atoms with Gasteiger partial charge in [-0.1, -0.05) is 20.8 Å². The minimum Gasteiger partial charge on any atom is -0.394 e. The molecule has 1 heterocycles. The average molecular weight is 268 g/mol. The highest BCUT2D eigenvalue weighted by Gasteiger charge is 2.33. The number of imidazole rings is 1. The second-order valence-corrected chi connectivity index (χ2v) is 6.84. The van der Waals surface area contributed by atoms with E-state index in [1.165, 1.54) is 12.8 Å². The van der Waals surface area contributed by atoms with Crippen molar-refractivity contribution in [3.8, 4) is 0 Å². The van der Waals surface area contributed by atoms with Crippen molar-refractivity contribution in [2.75, 3.05) is 0 Å². The molecule has 1 aliphatic carbocycles. The van der Waals surface area contributed by atoms with Crippen LogP contribution in [0.15, 0.2) is 18.7 Å². The van der Waals surface area contributed by atoms with E-state index in [1.807, 2.05) is 12.5 Å². The third-order valence-electron chi connectivity index (χ3n) is 2.92. The molecule has 1 aromatic rings. The monoisotopic (exact) mass is 268 g/mol. The van der Waals surface area contributed by atoms with Crippen LogP contribution >= 0.6 is 0 Å². The van der Waals surface area contributed by atoms with E-state index in [0.717, 1.165) is 5.92 Å². The third-order valence-corrected chi connectivity index (χ3v) is 2.92. The van der Waals surface area contributed by atoms with Gasteiger partial charge in [0, 0.05) is 24.5 Å². The lowest BCUT2D eigenvalue weighted by Crippen LogP contribution is -2.06. The van der Waals surface area contributed by atoms with E-state index in [-0.39, 0.29) is 6.10 Å². The second-order valence-electron chi connectivity index (χ2n) is 6.84. The van der Waals surface area contributed by atoms with Crippen molar-refractivity contribution in [3.63, 3.8) is 0 Å². The van der Waals surface area contributed by atoms with Gasteiger partial charge in [-0.15, -0.1) is 0 Å². The van der Waals surface area contributed by atoms with Gasteiger partial charge in [0.1, 0.15) is 0 Å². The predicted molar refractivity (Wildman–Crippen MR) is 82.1 cm³/mol. The fourth-order valence-electron chi connectivity index (χ4n) is 1.52. The molecule has 0 amide bonds. The first-order chi connectivity index (χ1) is 8.64. The first-order valence-electron chi connectivity index (χ1n) is 7.30. The fourth-order valence-corrected chi connectivity index (χ4v) is 1.52. The highest BCUT2D eigenvalue weighted by molar-refractivity contribution is 4.84. The molecule has 3 heteroatoms. The summed E-state index contributed by atoms with van der Waals surface area (Å²) >= 11 is 0. The number of aromatic nitrogens is 2. The van der Waals surface area contributed by atoms with Crippen LogP contribution in [-0.4, -0.2) is 20.8 Å². The number of nitrogens with zero attached hydrogens (tertiary/aromatic N) is 2. The van der Waals surface area contributed by atoms with Crippen LogP contribution in [0.2, 0.25) is 0 Å². The molecule has 1 aliphatic rings. The molecular formula is C16H32N2O. The van der Waals surface area contributed by atoms with Crippen molar-refractivity contribution in [2.45, 2.75) is 73.5 Å². The summed E-state index contributed by atoms with van der Waals surface area (Å²) in [4.78, 5) is 3.91. The van der Waals surface area contributed by atoms with Crippen LogP contribution in [0.4, 0.5) is 0 Å². The Bertz CT molecular complexity index is 303. The summed E-state index contributed by atoms with van der Waals surface area (Å²) in [5.74, 6) is 1.05. The maximum absolute atomic E-state index is 8.06. The van der Waals surface area contributed by atoms with Crippen molar-refractivity contribution < 1.29 is 5.11 Å². The zero-order valence-electron chi connectivity index (χ0n) is 13.7. The first kappa shape index (κ1) is 18.2. The van der Waals surface area contributed by atoms with Gasteiger partial charge in [0.2, 0.25) is 0 Å². The van der Waals surface area contributed by atoms with E-state index < -0.39 is 0 Å². The molecule has 1 N–H and O–H groups in total. The smallest absolute Gasteiger partial charge is 0.0948 e. The van der Waals surface area contributed by atoms with Crippen molar-refractivity contribution in [1.29, 1.82) is 0 Å². The molecule has 0 aliphatic heterocycles. The Kier molecular flexibility index (Phi) is 8.00. The fraction of sp³-hybridized carbons (Fsp3) is 0.812. The Morgan fingerprint density at radius 2 is 1.63 bits per heavy atom. The van der Waals surface area contributed by atoms with Crippen LogP contribution in [-0.2, 0) is 0 Å². The molecule has 19 heavy (non-hydrogen) atoms. The quantitative estimate of drug-likeness (QED) is 0.825. The number of aliphatic hydroxyl groups is 1. The minimum atomic E-state index is -0.167. The lowest BCUT2D eigenvalue weighted by molar-refractivity contribution is 0.216. The number of hydrogen-bond acceptors (Lipinski definition) is 2. The van der Waals surface area contributed by atoms with E-state index in [4.69, 9.17) is 5.11 Å². The Balaban J connectivity index is 0.000000272. The zero-order chi connectivity index (χ0) is 15.1. The summed E-state index contributed by atoms with van der Waals surface area (Å²) in [7, 11) is 0. The maximum Gasteiger partial charge on any atom is 0.0948 e. The average Bonchev–Trinajstić information content (AvgIpc) is 2.94. The molecule has 112 valence electrons. The van der Waals surface area contributed by atoms with Crippen molar-refractivity contribution in [3.05, 3.63) is 18.7 Å². The summed E-state index contributed by atoms with van der Waals surface area (Å²) in [5.41, 5.74) is 0.611. The van der Waals surface area contributed by atoms with Crippen molar-refractivity contribution in [2.24, 2.45) is 11.3 Å². The lowest BCUT2D eigenvalue weighted by atomic mass is 9.91. The normalized spacial score (nSPS) is 14.6. The number of hydrogen-bond donors (Lipinski definition) is 1. The molecule has 0 aromatic carbocycles. The Morgan fingerprint density at radius 1 is 1.16 bits per heavy atom. The van der Waals surface area contributed by atoms with Gasteiger partial charge in [0.15, 0.2) is 0 Å². The molecule has 0 radical (unpaired) electrons. The number of rotatable bonds is 1. The Labute approximate surface area is 119 Å². The van der Waals surface area contributed by atoms with Crippen LogP contribution in [0, 0.1) is 11.3 Å². The van der Waals surface area contributed by atoms with Gasteiger partial charge in [-0.25, -0.2) is 4.98 Å². The summed E-state index contributed by atoms with van der Waals surface area (Å²) in [6.07, 6.45) is 8.36. The summed E-state index contributed by atoms with van der Waals surface area (Å²) in [6, 6.07) is 0.539. The summed E-state index contributed by atoms with van der Waals surface area (Å²) in [6.45, 7) is 14.7. The second kappa shape index (κ2) is 8.36. The van der Waals surface area contributed by atoms with E-state index >= 15 is 0 Å². The van der Waals surface area contributed by atoms with Crippen LogP contribution in [0.5, 0.6) is 0 Å². The van der Waals surface area contributed by atoms with Gasteiger partial charge < -0.3 is 9.67 Å². The maximum atomic E-state index is 8.06. The van der Waals surface area contributed by atoms with Crippen LogP contribution < -0.4 is 0 Å². The summed E-state index contributed by atoms with van der Waals surface area (Å²) < 4.78 is 2.06. The molecule has 1 aromatic heterocycles.